The summed E-state index contributed by atoms with van der Waals surface area (Å²) in [6, 6.07) is 0. The lowest BCUT2D eigenvalue weighted by Gasteiger charge is -2.38. The molecule has 0 radical (unpaired) electrons. The van der Waals surface area contributed by atoms with Crippen molar-refractivity contribution in [2.45, 2.75) is 40.0 Å². The van der Waals surface area contributed by atoms with Crippen LogP contribution in [0.5, 0.6) is 0 Å². The molecule has 4 heteroatoms. The predicted molar refractivity (Wildman–Crippen MR) is 53.1 cm³/mol. The van der Waals surface area contributed by atoms with Crippen LogP contribution in [0.4, 0.5) is 0 Å². The monoisotopic (exact) mass is 211 g/mol. The molecule has 0 unspecified atom stereocenters. The standard InChI is InChI=1S/C11H17NO3/c1-9(2)10(3)4-5-11(9,6-7(10)13)8(14)12-15/h15H,4-6H2,1-3H3,(H,12,14)/t10-,11-/m0/s1. The molecule has 2 N–H and O–H groups in total. The Morgan fingerprint density at radius 3 is 2.27 bits per heavy atom. The number of Topliss-reactive ketones (excluding diaryl/α,β-unsaturated/α-hetero) is 1. The number of carbonyl (C=O) groups is 2. The second-order valence-electron chi connectivity index (χ2n) is 5.58. The lowest BCUT2D eigenvalue weighted by atomic mass is 9.64. The molecule has 0 spiro atoms. The van der Waals surface area contributed by atoms with Gasteiger partial charge < -0.3 is 0 Å². The van der Waals surface area contributed by atoms with Crippen LogP contribution < -0.4 is 5.48 Å². The molecule has 0 aromatic carbocycles. The van der Waals surface area contributed by atoms with Gasteiger partial charge in [0.05, 0.1) is 5.41 Å². The smallest absolute Gasteiger partial charge is 0.250 e. The van der Waals surface area contributed by atoms with Gasteiger partial charge in [0.2, 0.25) is 0 Å². The van der Waals surface area contributed by atoms with Crippen LogP contribution in [0, 0.1) is 16.2 Å². The molecule has 2 aliphatic carbocycles. The van der Waals surface area contributed by atoms with Crippen molar-refractivity contribution in [1.82, 2.24) is 5.48 Å². The number of hydrogen-bond acceptors (Lipinski definition) is 3. The van der Waals surface area contributed by atoms with Crippen LogP contribution in [0.15, 0.2) is 0 Å². The maximum Gasteiger partial charge on any atom is 0.250 e. The highest BCUT2D eigenvalue weighted by Crippen LogP contribution is 2.70. The van der Waals surface area contributed by atoms with E-state index in [0.717, 1.165) is 6.42 Å². The number of hydrogen-bond donors (Lipinski definition) is 2. The average molecular weight is 211 g/mol. The maximum absolute atomic E-state index is 11.9. The Morgan fingerprint density at radius 2 is 1.93 bits per heavy atom. The first-order valence-electron chi connectivity index (χ1n) is 5.30. The van der Waals surface area contributed by atoms with E-state index in [1.165, 1.54) is 0 Å². The highest BCUT2D eigenvalue weighted by atomic mass is 16.5. The van der Waals surface area contributed by atoms with Crippen molar-refractivity contribution in [3.63, 3.8) is 0 Å². The van der Waals surface area contributed by atoms with Crippen molar-refractivity contribution < 1.29 is 14.8 Å². The maximum atomic E-state index is 11.9. The first kappa shape index (κ1) is 10.6. The molecule has 0 aromatic rings. The lowest BCUT2D eigenvalue weighted by Crippen LogP contribution is -2.45. The second-order valence-corrected chi connectivity index (χ2v) is 5.58. The summed E-state index contributed by atoms with van der Waals surface area (Å²) in [6.07, 6.45) is 1.70. The lowest BCUT2D eigenvalue weighted by molar-refractivity contribution is -0.145. The van der Waals surface area contributed by atoms with Gasteiger partial charge in [-0.05, 0) is 18.3 Å². The first-order valence-corrected chi connectivity index (χ1v) is 5.30. The summed E-state index contributed by atoms with van der Waals surface area (Å²) in [5.74, 6) is -0.246. The Hall–Kier alpha value is -0.900. The Morgan fingerprint density at radius 1 is 1.33 bits per heavy atom. The predicted octanol–water partition coefficient (Wildman–Crippen LogP) is 1.28. The van der Waals surface area contributed by atoms with Gasteiger partial charge >= 0.3 is 0 Å². The second kappa shape index (κ2) is 2.61. The summed E-state index contributed by atoms with van der Waals surface area (Å²) in [5.41, 5.74) is 0.252. The number of hydroxylamine groups is 1. The Kier molecular flexibility index (Phi) is 1.85. The van der Waals surface area contributed by atoms with Gasteiger partial charge in [-0.1, -0.05) is 20.8 Å². The van der Waals surface area contributed by atoms with Gasteiger partial charge in [-0.15, -0.1) is 0 Å². The number of fused-ring (bicyclic) bond motifs is 2. The van der Waals surface area contributed by atoms with Crippen LogP contribution >= 0.6 is 0 Å². The SMILES string of the molecule is CC1(C)[C@@]2(C(=O)NO)CC[C@@]1(C)C(=O)C2. The molecule has 2 aliphatic rings. The number of rotatable bonds is 1. The van der Waals surface area contributed by atoms with Gasteiger partial charge in [0.25, 0.3) is 5.91 Å². The van der Waals surface area contributed by atoms with Crippen molar-refractivity contribution in [3.05, 3.63) is 0 Å². The van der Waals surface area contributed by atoms with Gasteiger partial charge in [0.1, 0.15) is 5.78 Å². The quantitative estimate of drug-likeness (QED) is 0.507. The molecule has 84 valence electrons. The van der Waals surface area contributed by atoms with Gasteiger partial charge in [-0.25, -0.2) is 5.48 Å². The van der Waals surface area contributed by atoms with E-state index in [4.69, 9.17) is 5.21 Å². The molecule has 0 aliphatic heterocycles. The molecule has 2 fully saturated rings. The molecule has 2 saturated carbocycles. The van der Waals surface area contributed by atoms with Crippen LogP contribution in [0.2, 0.25) is 0 Å². The Labute approximate surface area is 89.0 Å². The van der Waals surface area contributed by atoms with Gasteiger partial charge in [0.15, 0.2) is 0 Å². The summed E-state index contributed by atoms with van der Waals surface area (Å²) < 4.78 is 0. The van der Waals surface area contributed by atoms with E-state index < -0.39 is 16.7 Å². The number of nitrogens with one attached hydrogen (secondary N) is 1. The summed E-state index contributed by atoms with van der Waals surface area (Å²) in [4.78, 5) is 23.7. The molecular weight excluding hydrogens is 194 g/mol. The summed E-state index contributed by atoms with van der Waals surface area (Å²) in [7, 11) is 0. The van der Waals surface area contributed by atoms with Crippen molar-refractivity contribution in [3.8, 4) is 0 Å². The topological polar surface area (TPSA) is 66.4 Å². The molecule has 2 bridgehead atoms. The molecular formula is C11H17NO3. The third kappa shape index (κ3) is 0.869. The third-order valence-electron chi connectivity index (χ3n) is 5.24. The van der Waals surface area contributed by atoms with Crippen LogP contribution in [-0.4, -0.2) is 16.9 Å². The van der Waals surface area contributed by atoms with Crippen molar-refractivity contribution in [2.24, 2.45) is 16.2 Å². The Balaban J connectivity index is 2.54. The fourth-order valence-electron chi connectivity index (χ4n) is 3.47. The molecule has 4 nitrogen and oxygen atoms in total. The summed E-state index contributed by atoms with van der Waals surface area (Å²) in [5, 5.41) is 8.80. The zero-order valence-corrected chi connectivity index (χ0v) is 9.39. The van der Waals surface area contributed by atoms with E-state index in [-0.39, 0.29) is 17.6 Å². The van der Waals surface area contributed by atoms with E-state index in [9.17, 15) is 9.59 Å². The van der Waals surface area contributed by atoms with Crippen molar-refractivity contribution in [2.75, 3.05) is 0 Å². The van der Waals surface area contributed by atoms with E-state index in [2.05, 4.69) is 0 Å². The van der Waals surface area contributed by atoms with Crippen LogP contribution in [0.1, 0.15) is 40.0 Å². The summed E-state index contributed by atoms with van der Waals surface area (Å²) >= 11 is 0. The van der Waals surface area contributed by atoms with Crippen LogP contribution in [-0.2, 0) is 9.59 Å². The Bertz CT molecular complexity index is 350. The van der Waals surface area contributed by atoms with E-state index in [0.29, 0.717) is 6.42 Å². The third-order valence-corrected chi connectivity index (χ3v) is 5.24. The minimum absolute atomic E-state index is 0.155. The number of amides is 1. The van der Waals surface area contributed by atoms with Crippen molar-refractivity contribution in [1.29, 1.82) is 0 Å². The molecule has 0 heterocycles. The summed E-state index contributed by atoms with van der Waals surface area (Å²) in [6.45, 7) is 5.86. The van der Waals surface area contributed by atoms with Crippen LogP contribution in [0.25, 0.3) is 0 Å². The average Bonchev–Trinajstić information content (AvgIpc) is 2.47. The van der Waals surface area contributed by atoms with E-state index >= 15 is 0 Å². The zero-order valence-electron chi connectivity index (χ0n) is 9.39. The number of carbonyl (C=O) groups excluding carboxylic acids is 2. The fraction of sp³-hybridized carbons (Fsp3) is 0.818. The zero-order chi connectivity index (χ0) is 11.5. The van der Waals surface area contributed by atoms with Crippen LogP contribution in [0.3, 0.4) is 0 Å². The first-order chi connectivity index (χ1) is 6.82. The fourth-order valence-corrected chi connectivity index (χ4v) is 3.47. The largest absolute Gasteiger partial charge is 0.299 e. The molecule has 2 rings (SSSR count). The van der Waals surface area contributed by atoms with Gasteiger partial charge in [-0.3, -0.25) is 14.8 Å². The molecule has 1 amide bonds. The normalized spacial score (nSPS) is 42.0. The van der Waals surface area contributed by atoms with Gasteiger partial charge in [0, 0.05) is 11.8 Å². The van der Waals surface area contributed by atoms with Gasteiger partial charge in [-0.2, -0.15) is 0 Å². The minimum atomic E-state index is -0.701. The highest BCUT2D eigenvalue weighted by Gasteiger charge is 2.72. The molecule has 2 atom stereocenters. The molecule has 0 saturated heterocycles. The van der Waals surface area contributed by atoms with Crippen molar-refractivity contribution >= 4 is 11.7 Å². The van der Waals surface area contributed by atoms with E-state index in [1.54, 1.807) is 5.48 Å². The molecule has 0 aromatic heterocycles. The van der Waals surface area contributed by atoms with E-state index in [1.807, 2.05) is 20.8 Å². The highest BCUT2D eigenvalue weighted by molar-refractivity contribution is 5.99. The molecule has 15 heavy (non-hydrogen) atoms. The number of ketones is 1. The minimum Gasteiger partial charge on any atom is -0.299 e.